The monoisotopic (exact) mass is 222 g/mol. The number of nitrogens with zero attached hydrogens (tertiary/aromatic N) is 2. The first-order chi connectivity index (χ1) is 6.83. The molecule has 0 aliphatic heterocycles. The summed E-state index contributed by atoms with van der Waals surface area (Å²) in [6.07, 6.45) is 0. The van der Waals surface area contributed by atoms with Gasteiger partial charge in [0.15, 0.2) is 0 Å². The maximum absolute atomic E-state index is 3.32. The molecule has 0 aromatic carbocycles. The average Bonchev–Trinajstić information content (AvgIpc) is 2.01. The normalized spacial score (nSPS) is 10.7. The van der Waals surface area contributed by atoms with Crippen molar-refractivity contribution in [1.29, 1.82) is 0 Å². The van der Waals surface area contributed by atoms with E-state index in [-0.39, 0.29) is 0 Å². The van der Waals surface area contributed by atoms with Gasteiger partial charge in [0, 0.05) is 0 Å². The summed E-state index contributed by atoms with van der Waals surface area (Å²) < 4.78 is 0. The van der Waals surface area contributed by atoms with Gasteiger partial charge in [-0.25, -0.2) is 0 Å². The lowest BCUT2D eigenvalue weighted by atomic mass is 10.6. The van der Waals surface area contributed by atoms with Crippen molar-refractivity contribution in [2.24, 2.45) is 0 Å². The maximum Gasteiger partial charge on any atom is 0.210 e. The van der Waals surface area contributed by atoms with Gasteiger partial charge < -0.3 is 0 Å². The average molecular weight is 222 g/mol. The van der Waals surface area contributed by atoms with Crippen molar-refractivity contribution in [1.82, 2.24) is 9.80 Å². The van der Waals surface area contributed by atoms with E-state index >= 15 is 0 Å². The lowest BCUT2D eigenvalue weighted by Crippen LogP contribution is -2.23. The van der Waals surface area contributed by atoms with E-state index in [9.17, 15) is 0 Å². The van der Waals surface area contributed by atoms with Crippen LogP contribution in [0, 0.1) is 22.9 Å². The van der Waals surface area contributed by atoms with Crippen LogP contribution in [0.3, 0.4) is 0 Å². The highest BCUT2D eigenvalue weighted by Crippen LogP contribution is 1.96. The van der Waals surface area contributed by atoms with Crippen LogP contribution in [-0.2, 0) is 0 Å². The Bertz CT molecular complexity index is 267. The Kier molecular flexibility index (Phi) is 6.36. The summed E-state index contributed by atoms with van der Waals surface area (Å²) >= 11 is 0. The minimum Gasteiger partial charge on any atom is -0.299 e. The van der Waals surface area contributed by atoms with Crippen molar-refractivity contribution >= 4 is 8.07 Å². The molecule has 0 unspecified atom stereocenters. The Hall–Kier alpha value is -0.743. The molecule has 84 valence electrons. The van der Waals surface area contributed by atoms with E-state index < -0.39 is 8.07 Å². The second-order valence-electron chi connectivity index (χ2n) is 4.70. The van der Waals surface area contributed by atoms with Crippen molar-refractivity contribution in [3.63, 3.8) is 0 Å². The number of hydrogen-bond donors (Lipinski definition) is 0. The van der Waals surface area contributed by atoms with Crippen LogP contribution in [0.25, 0.3) is 0 Å². The number of rotatable bonds is 2. The van der Waals surface area contributed by atoms with Crippen LogP contribution in [0.1, 0.15) is 0 Å². The minimum absolute atomic E-state index is 0.825. The molecule has 0 aromatic heterocycles. The molecular formula is C12H22N2Si. The van der Waals surface area contributed by atoms with Gasteiger partial charge in [-0.3, -0.25) is 9.80 Å². The highest BCUT2D eigenvalue weighted by Gasteiger charge is 2.13. The van der Waals surface area contributed by atoms with Crippen molar-refractivity contribution < 1.29 is 0 Å². The van der Waals surface area contributed by atoms with Gasteiger partial charge in [0.25, 0.3) is 0 Å². The topological polar surface area (TPSA) is 6.48 Å². The fraction of sp³-hybridized carbons (Fsp3) is 0.667. The van der Waals surface area contributed by atoms with E-state index in [1.165, 1.54) is 0 Å². The van der Waals surface area contributed by atoms with Gasteiger partial charge in [-0.2, -0.15) is 0 Å². The van der Waals surface area contributed by atoms with Crippen LogP contribution in [0.2, 0.25) is 13.1 Å². The van der Waals surface area contributed by atoms with Crippen LogP contribution in [-0.4, -0.2) is 59.2 Å². The molecule has 0 heterocycles. The molecule has 3 heteroatoms. The first kappa shape index (κ1) is 14.3. The standard InChI is InChI=1S/C12H22N2Si/c1-13(2)9-7-11-15(5,6)12-8-10-14(3)4/h9-10H2,1-6H3. The van der Waals surface area contributed by atoms with Crippen LogP contribution >= 0.6 is 0 Å². The lowest BCUT2D eigenvalue weighted by Gasteiger charge is -2.07. The molecule has 0 radical (unpaired) electrons. The van der Waals surface area contributed by atoms with Crippen LogP contribution in [0.5, 0.6) is 0 Å². The molecule has 0 aliphatic carbocycles. The fourth-order valence-electron chi connectivity index (χ4n) is 0.868. The molecular weight excluding hydrogens is 200 g/mol. The minimum atomic E-state index is -1.61. The van der Waals surface area contributed by atoms with Gasteiger partial charge in [-0.15, -0.1) is 11.1 Å². The highest BCUT2D eigenvalue weighted by atomic mass is 28.3. The Labute approximate surface area is 95.7 Å². The van der Waals surface area contributed by atoms with Gasteiger partial charge in [-0.1, -0.05) is 11.8 Å². The zero-order valence-electron chi connectivity index (χ0n) is 10.8. The van der Waals surface area contributed by atoms with E-state index in [0.717, 1.165) is 13.1 Å². The SMILES string of the molecule is CN(C)CC#C[Si](C)(C)C#CCN(C)C. The molecule has 0 fully saturated rings. The molecule has 0 aromatic rings. The third kappa shape index (κ3) is 9.56. The van der Waals surface area contributed by atoms with Crippen molar-refractivity contribution in [2.75, 3.05) is 41.3 Å². The molecule has 0 saturated heterocycles. The van der Waals surface area contributed by atoms with Gasteiger partial charge in [-0.05, 0) is 41.3 Å². The summed E-state index contributed by atoms with van der Waals surface area (Å²) in [6.45, 7) is 6.04. The van der Waals surface area contributed by atoms with Crippen molar-refractivity contribution in [3.8, 4) is 22.9 Å². The molecule has 0 saturated carbocycles. The van der Waals surface area contributed by atoms with E-state index in [2.05, 4.69) is 45.8 Å². The van der Waals surface area contributed by atoms with Crippen LogP contribution < -0.4 is 0 Å². The lowest BCUT2D eigenvalue weighted by molar-refractivity contribution is 0.464. The molecule has 0 aliphatic rings. The van der Waals surface area contributed by atoms with Crippen LogP contribution in [0.15, 0.2) is 0 Å². The second-order valence-corrected chi connectivity index (χ2v) is 8.45. The summed E-state index contributed by atoms with van der Waals surface area (Å²) in [5, 5.41) is 0. The third-order valence-electron chi connectivity index (χ3n) is 1.59. The first-order valence-electron chi connectivity index (χ1n) is 5.13. The Morgan fingerprint density at radius 2 is 1.13 bits per heavy atom. The summed E-state index contributed by atoms with van der Waals surface area (Å²) in [4.78, 5) is 4.15. The summed E-state index contributed by atoms with van der Waals surface area (Å²) in [6, 6.07) is 0. The molecule has 0 rings (SSSR count). The molecule has 2 nitrogen and oxygen atoms in total. The van der Waals surface area contributed by atoms with E-state index in [1.54, 1.807) is 0 Å². The molecule has 0 bridgehead atoms. The Morgan fingerprint density at radius 3 is 1.40 bits per heavy atom. The predicted molar refractivity (Wildman–Crippen MR) is 70.1 cm³/mol. The summed E-state index contributed by atoms with van der Waals surface area (Å²) in [5.74, 6) is 6.37. The van der Waals surface area contributed by atoms with Crippen molar-refractivity contribution in [3.05, 3.63) is 0 Å². The van der Waals surface area contributed by atoms with Crippen LogP contribution in [0.4, 0.5) is 0 Å². The largest absolute Gasteiger partial charge is 0.299 e. The Morgan fingerprint density at radius 1 is 0.800 bits per heavy atom. The smallest absolute Gasteiger partial charge is 0.210 e. The first-order valence-corrected chi connectivity index (χ1v) is 8.13. The van der Waals surface area contributed by atoms with Gasteiger partial charge in [0.05, 0.1) is 13.1 Å². The van der Waals surface area contributed by atoms with Crippen molar-refractivity contribution in [2.45, 2.75) is 13.1 Å². The molecule has 15 heavy (non-hydrogen) atoms. The number of hydrogen-bond acceptors (Lipinski definition) is 2. The quantitative estimate of drug-likeness (QED) is 0.506. The second kappa shape index (κ2) is 6.69. The summed E-state index contributed by atoms with van der Waals surface area (Å²) in [5.41, 5.74) is 6.64. The highest BCUT2D eigenvalue weighted by molar-refractivity contribution is 6.92. The maximum atomic E-state index is 3.32. The fourth-order valence-corrected chi connectivity index (χ4v) is 1.97. The van der Waals surface area contributed by atoms with E-state index in [0.29, 0.717) is 0 Å². The molecule has 0 amide bonds. The zero-order valence-corrected chi connectivity index (χ0v) is 11.8. The van der Waals surface area contributed by atoms with E-state index in [1.807, 2.05) is 28.2 Å². The molecule has 0 spiro atoms. The molecule has 0 atom stereocenters. The Balaban J connectivity index is 4.25. The van der Waals surface area contributed by atoms with Gasteiger partial charge >= 0.3 is 0 Å². The third-order valence-corrected chi connectivity index (χ3v) is 3.20. The van der Waals surface area contributed by atoms with E-state index in [4.69, 9.17) is 0 Å². The predicted octanol–water partition coefficient (Wildman–Crippen LogP) is 0.903. The molecule has 0 N–H and O–H groups in total. The van der Waals surface area contributed by atoms with Gasteiger partial charge in [0.1, 0.15) is 0 Å². The zero-order chi connectivity index (χ0) is 11.9. The summed E-state index contributed by atoms with van der Waals surface area (Å²) in [7, 11) is 6.50. The van der Waals surface area contributed by atoms with Gasteiger partial charge in [0.2, 0.25) is 8.07 Å².